The van der Waals surface area contributed by atoms with E-state index in [1.54, 1.807) is 51.1 Å². The van der Waals surface area contributed by atoms with Crippen LogP contribution in [0, 0.1) is 10.8 Å². The van der Waals surface area contributed by atoms with Gasteiger partial charge in [0.15, 0.2) is 5.78 Å². The topological polar surface area (TPSA) is 78.9 Å². The first-order valence-electron chi connectivity index (χ1n) is 14.3. The van der Waals surface area contributed by atoms with Crippen molar-refractivity contribution in [2.75, 3.05) is 6.61 Å². The molecule has 2 aromatic carbocycles. The molecule has 6 heteroatoms. The molecule has 0 atom stereocenters. The summed E-state index contributed by atoms with van der Waals surface area (Å²) in [5, 5.41) is 0. The molecule has 0 aromatic heterocycles. The highest BCUT2D eigenvalue weighted by Gasteiger charge is 2.28. The molecule has 0 spiro atoms. The van der Waals surface area contributed by atoms with Gasteiger partial charge in [-0.25, -0.2) is 0 Å². The first-order valence-corrected chi connectivity index (χ1v) is 14.3. The minimum absolute atomic E-state index is 0.235. The maximum Gasteiger partial charge on any atom is 0.316 e. The van der Waals surface area contributed by atoms with Gasteiger partial charge in [0.1, 0.15) is 17.2 Å². The third-order valence-electron chi connectivity index (χ3n) is 6.08. The molecule has 0 aliphatic heterocycles. The molecular formula is C34H46O6. The first kappa shape index (κ1) is 32.8. The average Bonchev–Trinajstić information content (AvgIpc) is 2.87. The van der Waals surface area contributed by atoms with Crippen LogP contribution in [0.5, 0.6) is 17.2 Å². The monoisotopic (exact) mass is 550 g/mol. The zero-order valence-electron chi connectivity index (χ0n) is 25.7. The van der Waals surface area contributed by atoms with Gasteiger partial charge in [-0.3, -0.25) is 14.4 Å². The Labute approximate surface area is 240 Å². The largest absolute Gasteiger partial charge is 0.493 e. The molecule has 0 radical (unpaired) electrons. The Kier molecular flexibility index (Phi) is 11.7. The molecule has 0 N–H and O–H groups in total. The average molecular weight is 551 g/mol. The fraction of sp³-hybridized carbons (Fsp3) is 0.500. The van der Waals surface area contributed by atoms with Gasteiger partial charge in [0.25, 0.3) is 0 Å². The quantitative estimate of drug-likeness (QED) is 0.115. The van der Waals surface area contributed by atoms with Crippen molar-refractivity contribution >= 4 is 23.8 Å². The number of ketones is 1. The number of benzene rings is 2. The van der Waals surface area contributed by atoms with E-state index < -0.39 is 10.8 Å². The molecule has 218 valence electrons. The second kappa shape index (κ2) is 14.3. The van der Waals surface area contributed by atoms with Crippen LogP contribution in [0.15, 0.2) is 36.4 Å². The molecule has 0 amide bonds. The number of ether oxygens (including phenoxy) is 3. The van der Waals surface area contributed by atoms with Crippen molar-refractivity contribution in [2.24, 2.45) is 10.8 Å². The molecule has 0 heterocycles. The molecule has 0 unspecified atom stereocenters. The second-order valence-corrected chi connectivity index (χ2v) is 12.1. The maximum atomic E-state index is 13.2. The molecule has 6 nitrogen and oxygen atoms in total. The highest BCUT2D eigenvalue weighted by atomic mass is 16.5. The zero-order chi connectivity index (χ0) is 30.1. The molecule has 40 heavy (non-hydrogen) atoms. The Balaban J connectivity index is 2.57. The fourth-order valence-corrected chi connectivity index (χ4v) is 3.80. The lowest BCUT2D eigenvalue weighted by atomic mass is 9.94. The van der Waals surface area contributed by atoms with E-state index in [2.05, 4.69) is 19.9 Å². The first-order chi connectivity index (χ1) is 18.7. The predicted octanol–water partition coefficient (Wildman–Crippen LogP) is 8.18. The summed E-state index contributed by atoms with van der Waals surface area (Å²) in [7, 11) is 0. The number of rotatable bonds is 12. The summed E-state index contributed by atoms with van der Waals surface area (Å²) in [5.74, 6) is 0.536. The molecule has 0 aliphatic carbocycles. The number of hydrogen-bond donors (Lipinski definition) is 0. The molecule has 0 bridgehead atoms. The number of hydrogen-bond acceptors (Lipinski definition) is 6. The van der Waals surface area contributed by atoms with Crippen LogP contribution < -0.4 is 14.2 Å². The maximum absolute atomic E-state index is 13.2. The van der Waals surface area contributed by atoms with E-state index in [1.165, 1.54) is 6.08 Å². The summed E-state index contributed by atoms with van der Waals surface area (Å²) in [6.07, 6.45) is 7.30. The molecule has 0 saturated heterocycles. The number of allylic oxidation sites excluding steroid dienone is 1. The van der Waals surface area contributed by atoms with Gasteiger partial charge < -0.3 is 14.2 Å². The van der Waals surface area contributed by atoms with Crippen LogP contribution in [0.3, 0.4) is 0 Å². The second-order valence-electron chi connectivity index (χ2n) is 12.1. The highest BCUT2D eigenvalue weighted by molar-refractivity contribution is 6.07. The van der Waals surface area contributed by atoms with Gasteiger partial charge >= 0.3 is 11.9 Å². The summed E-state index contributed by atoms with van der Waals surface area (Å²) >= 11 is 0. The normalized spacial score (nSPS) is 11.9. The van der Waals surface area contributed by atoms with Crippen LogP contribution in [0.1, 0.15) is 109 Å². The predicted molar refractivity (Wildman–Crippen MR) is 160 cm³/mol. The van der Waals surface area contributed by atoms with Crippen molar-refractivity contribution in [2.45, 2.75) is 94.4 Å². The van der Waals surface area contributed by atoms with Gasteiger partial charge in [-0.15, -0.1) is 0 Å². The third-order valence-corrected chi connectivity index (χ3v) is 6.08. The van der Waals surface area contributed by atoms with Crippen LogP contribution in [-0.2, 0) is 22.4 Å². The minimum atomic E-state index is -0.703. The van der Waals surface area contributed by atoms with E-state index in [0.717, 1.165) is 43.2 Å². The van der Waals surface area contributed by atoms with Crippen molar-refractivity contribution in [1.29, 1.82) is 0 Å². The Bertz CT molecular complexity index is 1210. The molecule has 0 saturated carbocycles. The van der Waals surface area contributed by atoms with E-state index in [1.807, 2.05) is 27.7 Å². The molecular weight excluding hydrogens is 504 g/mol. The van der Waals surface area contributed by atoms with Gasteiger partial charge in [-0.2, -0.15) is 0 Å². The molecule has 0 aliphatic rings. The smallest absolute Gasteiger partial charge is 0.316 e. The summed E-state index contributed by atoms with van der Waals surface area (Å²) in [6.45, 7) is 17.5. The minimum Gasteiger partial charge on any atom is -0.493 e. The number of aryl methyl sites for hydroxylation is 2. The summed E-state index contributed by atoms with van der Waals surface area (Å²) in [6, 6.07) is 8.56. The van der Waals surface area contributed by atoms with E-state index in [9.17, 15) is 14.4 Å². The van der Waals surface area contributed by atoms with Crippen LogP contribution in [0.4, 0.5) is 0 Å². The molecule has 0 fully saturated rings. The lowest BCUT2D eigenvalue weighted by Crippen LogP contribution is -2.26. The van der Waals surface area contributed by atoms with Crippen LogP contribution in [0.25, 0.3) is 6.08 Å². The Morgan fingerprint density at radius 1 is 0.725 bits per heavy atom. The Morgan fingerprint density at radius 2 is 1.25 bits per heavy atom. The van der Waals surface area contributed by atoms with Gasteiger partial charge in [0.05, 0.1) is 23.0 Å². The van der Waals surface area contributed by atoms with Crippen LogP contribution in [-0.4, -0.2) is 24.3 Å². The van der Waals surface area contributed by atoms with Gasteiger partial charge in [-0.1, -0.05) is 33.6 Å². The van der Waals surface area contributed by atoms with Gasteiger partial charge in [-0.05, 0) is 114 Å². The van der Waals surface area contributed by atoms with E-state index in [0.29, 0.717) is 35.0 Å². The molecule has 2 aromatic rings. The lowest BCUT2D eigenvalue weighted by molar-refractivity contribution is -0.143. The number of carbonyl (C=O) groups is 3. The van der Waals surface area contributed by atoms with Crippen molar-refractivity contribution in [3.05, 3.63) is 58.7 Å². The van der Waals surface area contributed by atoms with Gasteiger partial charge in [0.2, 0.25) is 0 Å². The Morgan fingerprint density at radius 3 is 1.75 bits per heavy atom. The van der Waals surface area contributed by atoms with E-state index in [4.69, 9.17) is 14.2 Å². The van der Waals surface area contributed by atoms with Gasteiger partial charge in [0, 0.05) is 5.56 Å². The summed E-state index contributed by atoms with van der Waals surface area (Å²) in [5.41, 5.74) is 1.66. The van der Waals surface area contributed by atoms with Crippen LogP contribution >= 0.6 is 0 Å². The summed E-state index contributed by atoms with van der Waals surface area (Å²) < 4.78 is 17.7. The highest BCUT2D eigenvalue weighted by Crippen LogP contribution is 2.40. The van der Waals surface area contributed by atoms with Crippen molar-refractivity contribution in [1.82, 2.24) is 0 Å². The number of esters is 2. The fourth-order valence-electron chi connectivity index (χ4n) is 3.80. The lowest BCUT2D eigenvalue weighted by Gasteiger charge is -2.23. The van der Waals surface area contributed by atoms with E-state index in [-0.39, 0.29) is 17.7 Å². The third kappa shape index (κ3) is 9.07. The van der Waals surface area contributed by atoms with Crippen molar-refractivity contribution in [3.8, 4) is 17.2 Å². The SMILES string of the molecule is CCCOc1c(CCC)cc(CCC)c(OC(=O)C(C)(C)C)c1/C=C/C(=O)c1ccc(OC(=O)C(C)(C)C)cc1. The summed E-state index contributed by atoms with van der Waals surface area (Å²) in [4.78, 5) is 38.4. The Hall–Kier alpha value is -3.41. The van der Waals surface area contributed by atoms with E-state index >= 15 is 0 Å². The molecule has 2 rings (SSSR count). The number of carbonyl (C=O) groups excluding carboxylic acids is 3. The zero-order valence-corrected chi connectivity index (χ0v) is 25.7. The standard InChI is InChI=1S/C34H46O6/c1-10-13-24-22-25(14-11-2)30(40-32(37)34(7,8)9)27(29(24)38-21-12-3)19-20-28(35)23-15-17-26(18-16-23)39-31(36)33(4,5)6/h15-20,22H,10-14,21H2,1-9H3/b20-19+. The van der Waals surface area contributed by atoms with Crippen molar-refractivity contribution in [3.63, 3.8) is 0 Å². The van der Waals surface area contributed by atoms with Crippen LogP contribution in [0.2, 0.25) is 0 Å². The van der Waals surface area contributed by atoms with Crippen molar-refractivity contribution < 1.29 is 28.6 Å².